The lowest BCUT2D eigenvalue weighted by Crippen LogP contribution is -2.51. The highest BCUT2D eigenvalue weighted by molar-refractivity contribution is 6.00. The number of nitrogens with one attached hydrogen (secondary N) is 2. The van der Waals surface area contributed by atoms with Crippen LogP contribution in [0.15, 0.2) is 24.3 Å². The summed E-state index contributed by atoms with van der Waals surface area (Å²) in [5.74, 6) is -0.145. The molecule has 1 aliphatic carbocycles. The van der Waals surface area contributed by atoms with Crippen molar-refractivity contribution in [3.63, 3.8) is 0 Å². The van der Waals surface area contributed by atoms with Gasteiger partial charge in [-0.25, -0.2) is 0 Å². The Hall–Kier alpha value is -1.59. The molecule has 2 aliphatic heterocycles. The van der Waals surface area contributed by atoms with Gasteiger partial charge in [-0.1, -0.05) is 31.0 Å². The average molecular weight is 406 g/mol. The lowest BCUT2D eigenvalue weighted by molar-refractivity contribution is -0.135. The van der Waals surface area contributed by atoms with Crippen molar-refractivity contribution in [1.29, 1.82) is 0 Å². The van der Waals surface area contributed by atoms with Crippen LogP contribution in [0.3, 0.4) is 0 Å². The second-order valence-electron chi connectivity index (χ2n) is 8.44. The van der Waals surface area contributed by atoms with E-state index < -0.39 is 0 Å². The number of anilines is 1. The molecule has 0 bridgehead atoms. The highest BCUT2D eigenvalue weighted by atomic mass is 35.5. The van der Waals surface area contributed by atoms with E-state index in [4.69, 9.17) is 0 Å². The molecule has 2 amide bonds. The van der Waals surface area contributed by atoms with E-state index >= 15 is 0 Å². The summed E-state index contributed by atoms with van der Waals surface area (Å²) in [6, 6.07) is 8.56. The van der Waals surface area contributed by atoms with E-state index in [1.165, 1.54) is 5.56 Å². The highest BCUT2D eigenvalue weighted by Gasteiger charge is 2.41. The zero-order chi connectivity index (χ0) is 18.8. The molecular weight excluding hydrogens is 374 g/mol. The van der Waals surface area contributed by atoms with E-state index in [1.54, 1.807) is 0 Å². The first-order valence-electron chi connectivity index (χ1n) is 10.6. The van der Waals surface area contributed by atoms with E-state index in [9.17, 15) is 9.59 Å². The topological polar surface area (TPSA) is 61.4 Å². The van der Waals surface area contributed by atoms with E-state index in [0.717, 1.165) is 63.7 Å². The highest BCUT2D eigenvalue weighted by Crippen LogP contribution is 2.38. The fourth-order valence-corrected chi connectivity index (χ4v) is 5.10. The Morgan fingerprint density at radius 2 is 1.82 bits per heavy atom. The third kappa shape index (κ3) is 4.20. The molecule has 28 heavy (non-hydrogen) atoms. The second-order valence-corrected chi connectivity index (χ2v) is 8.44. The first-order chi connectivity index (χ1) is 13.1. The summed E-state index contributed by atoms with van der Waals surface area (Å²) >= 11 is 0. The largest absolute Gasteiger partial charge is 0.352 e. The molecule has 2 heterocycles. The number of carbonyl (C=O) groups is 2. The normalized spacial score (nSPS) is 29.5. The number of amides is 2. The van der Waals surface area contributed by atoms with Crippen LogP contribution in [-0.2, 0) is 16.0 Å². The van der Waals surface area contributed by atoms with Crippen molar-refractivity contribution in [1.82, 2.24) is 10.6 Å². The Morgan fingerprint density at radius 1 is 1.07 bits per heavy atom. The molecule has 4 rings (SSSR count). The lowest BCUT2D eigenvalue weighted by Gasteiger charge is -2.35. The molecule has 1 saturated carbocycles. The fraction of sp³-hybridized carbons (Fsp3) is 0.636. The van der Waals surface area contributed by atoms with Gasteiger partial charge in [0.15, 0.2) is 0 Å². The molecule has 1 saturated heterocycles. The van der Waals surface area contributed by atoms with Crippen LogP contribution in [0.1, 0.15) is 51.0 Å². The summed E-state index contributed by atoms with van der Waals surface area (Å²) in [6.07, 6.45) is 6.75. The molecule has 2 fully saturated rings. The van der Waals surface area contributed by atoms with Gasteiger partial charge in [0.25, 0.3) is 0 Å². The minimum atomic E-state index is -0.191. The van der Waals surface area contributed by atoms with Gasteiger partial charge in [0.05, 0.1) is 5.92 Å². The third-order valence-corrected chi connectivity index (χ3v) is 6.51. The van der Waals surface area contributed by atoms with Crippen LogP contribution in [-0.4, -0.2) is 37.0 Å². The number of para-hydroxylation sites is 1. The average Bonchev–Trinajstić information content (AvgIpc) is 3.04. The molecule has 0 radical (unpaired) electrons. The van der Waals surface area contributed by atoms with Crippen LogP contribution in [0.4, 0.5) is 5.69 Å². The van der Waals surface area contributed by atoms with E-state index in [1.807, 2.05) is 23.1 Å². The van der Waals surface area contributed by atoms with Crippen molar-refractivity contribution in [2.24, 2.45) is 11.8 Å². The van der Waals surface area contributed by atoms with Crippen molar-refractivity contribution in [2.45, 2.75) is 64.0 Å². The lowest BCUT2D eigenvalue weighted by atomic mass is 9.77. The minimum Gasteiger partial charge on any atom is -0.352 e. The molecule has 0 spiro atoms. The third-order valence-electron chi connectivity index (χ3n) is 6.51. The summed E-state index contributed by atoms with van der Waals surface area (Å²) in [5.41, 5.74) is 2.28. The Kier molecular flexibility index (Phi) is 7.00. The van der Waals surface area contributed by atoms with Crippen molar-refractivity contribution in [3.8, 4) is 0 Å². The van der Waals surface area contributed by atoms with Crippen LogP contribution in [0, 0.1) is 11.8 Å². The van der Waals surface area contributed by atoms with Gasteiger partial charge < -0.3 is 15.5 Å². The van der Waals surface area contributed by atoms with Crippen LogP contribution in [0.25, 0.3) is 0 Å². The number of carbonyl (C=O) groups excluding carboxylic acids is 2. The van der Waals surface area contributed by atoms with Crippen LogP contribution in [0.2, 0.25) is 0 Å². The van der Waals surface area contributed by atoms with Crippen molar-refractivity contribution in [2.75, 3.05) is 18.0 Å². The Morgan fingerprint density at radius 3 is 2.57 bits per heavy atom. The standard InChI is InChI=1S/C22H31N3O2.ClH/c1-15-13-16-7-2-5-11-20(16)25(15)22(27)19-10-4-3-9-18(19)21(26)24-17-8-6-12-23-14-17;/h2,5,7,11,15,17-19,23H,3-4,6,8-10,12-14H2,1H3,(H,24,26);1H/t15?,17-,18?,19?;/m0./s1. The molecule has 3 unspecified atom stereocenters. The molecular formula is C22H32ClN3O2. The predicted molar refractivity (Wildman–Crippen MR) is 114 cm³/mol. The van der Waals surface area contributed by atoms with Gasteiger partial charge in [-0.05, 0) is 57.2 Å². The first-order valence-corrected chi connectivity index (χ1v) is 10.6. The van der Waals surface area contributed by atoms with Gasteiger partial charge in [-0.15, -0.1) is 12.4 Å². The number of nitrogens with zero attached hydrogens (tertiary/aromatic N) is 1. The maximum absolute atomic E-state index is 13.5. The van der Waals surface area contributed by atoms with Crippen molar-refractivity contribution < 1.29 is 9.59 Å². The van der Waals surface area contributed by atoms with Crippen LogP contribution < -0.4 is 15.5 Å². The number of hydrogen-bond donors (Lipinski definition) is 2. The molecule has 154 valence electrons. The van der Waals surface area contributed by atoms with Gasteiger partial charge in [-0.3, -0.25) is 9.59 Å². The first kappa shape index (κ1) is 21.1. The number of fused-ring (bicyclic) bond motifs is 1. The van der Waals surface area contributed by atoms with E-state index in [-0.39, 0.29) is 48.1 Å². The number of piperidine rings is 1. The second kappa shape index (κ2) is 9.27. The molecule has 1 aromatic carbocycles. The maximum Gasteiger partial charge on any atom is 0.231 e. The maximum atomic E-state index is 13.5. The SMILES string of the molecule is CC1Cc2ccccc2N1C(=O)C1CCCCC1C(=O)N[C@H]1CCCNC1.Cl. The van der Waals surface area contributed by atoms with Gasteiger partial charge in [0.2, 0.25) is 11.8 Å². The van der Waals surface area contributed by atoms with Crippen molar-refractivity contribution in [3.05, 3.63) is 29.8 Å². The molecule has 0 aromatic heterocycles. The van der Waals surface area contributed by atoms with Gasteiger partial charge in [0.1, 0.15) is 0 Å². The monoisotopic (exact) mass is 405 g/mol. The molecule has 2 N–H and O–H groups in total. The Balaban J connectivity index is 0.00000225. The number of benzene rings is 1. The Labute approximate surface area is 174 Å². The summed E-state index contributed by atoms with van der Waals surface area (Å²) in [4.78, 5) is 28.5. The smallest absolute Gasteiger partial charge is 0.231 e. The Bertz CT molecular complexity index is 705. The van der Waals surface area contributed by atoms with E-state index in [2.05, 4.69) is 23.6 Å². The van der Waals surface area contributed by atoms with Crippen LogP contribution >= 0.6 is 12.4 Å². The van der Waals surface area contributed by atoms with Crippen LogP contribution in [0.5, 0.6) is 0 Å². The number of hydrogen-bond acceptors (Lipinski definition) is 3. The molecule has 1 aromatic rings. The predicted octanol–water partition coefficient (Wildman–Crippen LogP) is 3.06. The summed E-state index contributed by atoms with van der Waals surface area (Å²) in [6.45, 7) is 3.99. The molecule has 3 aliphatic rings. The number of halogens is 1. The summed E-state index contributed by atoms with van der Waals surface area (Å²) < 4.78 is 0. The fourth-order valence-electron chi connectivity index (χ4n) is 5.10. The molecule has 5 nitrogen and oxygen atoms in total. The zero-order valence-electron chi connectivity index (χ0n) is 16.7. The zero-order valence-corrected chi connectivity index (χ0v) is 17.5. The van der Waals surface area contributed by atoms with Gasteiger partial charge in [-0.2, -0.15) is 0 Å². The van der Waals surface area contributed by atoms with E-state index in [0.29, 0.717) is 0 Å². The molecule has 6 heteroatoms. The summed E-state index contributed by atoms with van der Waals surface area (Å²) in [7, 11) is 0. The van der Waals surface area contributed by atoms with Gasteiger partial charge in [0, 0.05) is 30.2 Å². The van der Waals surface area contributed by atoms with Gasteiger partial charge >= 0.3 is 0 Å². The molecule has 4 atom stereocenters. The quantitative estimate of drug-likeness (QED) is 0.812. The number of rotatable bonds is 3. The minimum absolute atomic E-state index is 0. The summed E-state index contributed by atoms with van der Waals surface area (Å²) in [5, 5.41) is 6.57. The van der Waals surface area contributed by atoms with Crippen molar-refractivity contribution >= 4 is 29.9 Å².